The Balaban J connectivity index is 1.73. The van der Waals surface area contributed by atoms with Gasteiger partial charge in [0.25, 0.3) is 5.91 Å². The Morgan fingerprint density at radius 3 is 2.46 bits per heavy atom. The Bertz CT molecular complexity index is 759. The van der Waals surface area contributed by atoms with Crippen molar-refractivity contribution in [3.8, 4) is 0 Å². The van der Waals surface area contributed by atoms with Crippen LogP contribution in [0.4, 0.5) is 8.78 Å². The molecule has 1 aliphatic rings. The third kappa shape index (κ3) is 4.45. The Labute approximate surface area is 151 Å². The monoisotopic (exact) mass is 360 g/mol. The number of amides is 1. The molecule has 0 radical (unpaired) electrons. The van der Waals surface area contributed by atoms with Crippen molar-refractivity contribution in [2.24, 2.45) is 0 Å². The van der Waals surface area contributed by atoms with Crippen LogP contribution in [0.15, 0.2) is 42.5 Å². The van der Waals surface area contributed by atoms with Crippen LogP contribution in [0.3, 0.4) is 0 Å². The first-order valence-corrected chi connectivity index (χ1v) is 8.66. The van der Waals surface area contributed by atoms with Crippen molar-refractivity contribution in [1.82, 2.24) is 10.2 Å². The summed E-state index contributed by atoms with van der Waals surface area (Å²) in [4.78, 5) is 14.6. The molecular formula is C20H22F2N2O2. The van der Waals surface area contributed by atoms with E-state index in [1.54, 1.807) is 0 Å². The van der Waals surface area contributed by atoms with Crippen molar-refractivity contribution in [1.29, 1.82) is 0 Å². The van der Waals surface area contributed by atoms with Crippen molar-refractivity contribution in [2.45, 2.75) is 13.0 Å². The van der Waals surface area contributed by atoms with Gasteiger partial charge in [0.2, 0.25) is 0 Å². The maximum Gasteiger partial charge on any atom is 0.251 e. The van der Waals surface area contributed by atoms with Crippen LogP contribution in [0.2, 0.25) is 0 Å². The van der Waals surface area contributed by atoms with E-state index in [0.717, 1.165) is 30.8 Å². The number of nitrogens with zero attached hydrogens (tertiary/aromatic N) is 1. The van der Waals surface area contributed by atoms with E-state index in [-0.39, 0.29) is 11.6 Å². The fourth-order valence-electron chi connectivity index (χ4n) is 3.06. The van der Waals surface area contributed by atoms with Crippen molar-refractivity contribution in [3.63, 3.8) is 0 Å². The first-order valence-electron chi connectivity index (χ1n) is 8.66. The van der Waals surface area contributed by atoms with Crippen LogP contribution in [-0.4, -0.2) is 43.7 Å². The largest absolute Gasteiger partial charge is 0.379 e. The molecule has 0 aliphatic carbocycles. The van der Waals surface area contributed by atoms with Gasteiger partial charge in [0.05, 0.1) is 19.3 Å². The number of carbonyl (C=O) groups is 1. The van der Waals surface area contributed by atoms with Crippen LogP contribution in [0.25, 0.3) is 0 Å². The standard InChI is InChI=1S/C20H22F2N2O2/c1-14-2-4-15(5-3-14)19(24-8-10-26-11-9-24)13-23-20(25)16-6-7-17(21)18(22)12-16/h2-7,12,19H,8-11,13H2,1H3,(H,23,25). The van der Waals surface area contributed by atoms with E-state index in [1.807, 2.05) is 19.1 Å². The van der Waals surface area contributed by atoms with Crippen LogP contribution in [0, 0.1) is 18.6 Å². The Kier molecular flexibility index (Phi) is 5.96. The predicted molar refractivity (Wildman–Crippen MR) is 95.0 cm³/mol. The van der Waals surface area contributed by atoms with Crippen molar-refractivity contribution < 1.29 is 18.3 Å². The fraction of sp³-hybridized carbons (Fsp3) is 0.350. The van der Waals surface area contributed by atoms with E-state index in [4.69, 9.17) is 4.74 Å². The lowest BCUT2D eigenvalue weighted by Crippen LogP contribution is -2.43. The highest BCUT2D eigenvalue weighted by Crippen LogP contribution is 2.22. The molecule has 1 aliphatic heterocycles. The van der Waals surface area contributed by atoms with E-state index in [2.05, 4.69) is 22.3 Å². The molecule has 26 heavy (non-hydrogen) atoms. The van der Waals surface area contributed by atoms with Crippen LogP contribution in [-0.2, 0) is 4.74 Å². The molecule has 2 aromatic rings. The zero-order chi connectivity index (χ0) is 18.5. The van der Waals surface area contributed by atoms with Gasteiger partial charge in [-0.3, -0.25) is 9.69 Å². The van der Waals surface area contributed by atoms with Crippen LogP contribution in [0.1, 0.15) is 27.5 Å². The zero-order valence-corrected chi connectivity index (χ0v) is 14.7. The van der Waals surface area contributed by atoms with Gasteiger partial charge in [-0.15, -0.1) is 0 Å². The van der Waals surface area contributed by atoms with Gasteiger partial charge in [-0.2, -0.15) is 0 Å². The second-order valence-electron chi connectivity index (χ2n) is 6.41. The molecule has 1 heterocycles. The summed E-state index contributed by atoms with van der Waals surface area (Å²) in [6, 6.07) is 11.3. The minimum atomic E-state index is -1.03. The van der Waals surface area contributed by atoms with E-state index in [1.165, 1.54) is 11.6 Å². The van der Waals surface area contributed by atoms with Crippen LogP contribution >= 0.6 is 0 Å². The third-order valence-corrected chi connectivity index (χ3v) is 4.59. The van der Waals surface area contributed by atoms with Crippen molar-refractivity contribution in [3.05, 3.63) is 70.8 Å². The summed E-state index contributed by atoms with van der Waals surface area (Å²) in [5.41, 5.74) is 2.37. The highest BCUT2D eigenvalue weighted by atomic mass is 19.2. The van der Waals surface area contributed by atoms with Gasteiger partial charge >= 0.3 is 0 Å². The summed E-state index contributed by atoms with van der Waals surface area (Å²) >= 11 is 0. The van der Waals surface area contributed by atoms with Gasteiger partial charge in [0, 0.05) is 25.2 Å². The molecule has 1 atom stereocenters. The molecule has 1 amide bonds. The summed E-state index contributed by atoms with van der Waals surface area (Å²) in [6.45, 7) is 5.26. The molecule has 2 aromatic carbocycles. The minimum absolute atomic E-state index is 0.00579. The van der Waals surface area contributed by atoms with E-state index < -0.39 is 17.5 Å². The first kappa shape index (κ1) is 18.5. The molecular weight excluding hydrogens is 338 g/mol. The average Bonchev–Trinajstić information content (AvgIpc) is 2.66. The van der Waals surface area contributed by atoms with Gasteiger partial charge in [-0.1, -0.05) is 29.8 Å². The summed E-state index contributed by atoms with van der Waals surface area (Å²) in [5.74, 6) is -2.41. The number of nitrogens with one attached hydrogen (secondary N) is 1. The number of hydrogen-bond donors (Lipinski definition) is 1. The maximum atomic E-state index is 13.4. The number of ether oxygens (including phenoxy) is 1. The lowest BCUT2D eigenvalue weighted by atomic mass is 10.0. The molecule has 4 nitrogen and oxygen atoms in total. The van der Waals surface area contributed by atoms with E-state index in [9.17, 15) is 13.6 Å². The van der Waals surface area contributed by atoms with E-state index in [0.29, 0.717) is 19.8 Å². The number of aryl methyl sites for hydroxylation is 1. The summed E-state index contributed by atoms with van der Waals surface area (Å²) in [6.07, 6.45) is 0. The number of halogens is 2. The molecule has 0 spiro atoms. The number of morpholine rings is 1. The smallest absolute Gasteiger partial charge is 0.251 e. The normalized spacial score (nSPS) is 16.3. The SMILES string of the molecule is Cc1ccc(C(CNC(=O)c2ccc(F)c(F)c2)N2CCOCC2)cc1. The van der Waals surface area contributed by atoms with E-state index >= 15 is 0 Å². The molecule has 1 saturated heterocycles. The summed E-state index contributed by atoms with van der Waals surface area (Å²) in [5, 5.41) is 2.85. The highest BCUT2D eigenvalue weighted by Gasteiger charge is 2.23. The van der Waals surface area contributed by atoms with Crippen LogP contribution < -0.4 is 5.32 Å². The molecule has 0 saturated carbocycles. The maximum absolute atomic E-state index is 13.4. The quantitative estimate of drug-likeness (QED) is 0.891. The second-order valence-corrected chi connectivity index (χ2v) is 6.41. The molecule has 1 unspecified atom stereocenters. The third-order valence-electron chi connectivity index (χ3n) is 4.59. The number of hydrogen-bond acceptors (Lipinski definition) is 3. The lowest BCUT2D eigenvalue weighted by molar-refractivity contribution is 0.0162. The summed E-state index contributed by atoms with van der Waals surface area (Å²) in [7, 11) is 0. The summed E-state index contributed by atoms with van der Waals surface area (Å²) < 4.78 is 31.8. The Morgan fingerprint density at radius 2 is 1.81 bits per heavy atom. The minimum Gasteiger partial charge on any atom is -0.379 e. The topological polar surface area (TPSA) is 41.6 Å². The lowest BCUT2D eigenvalue weighted by Gasteiger charge is -2.35. The molecule has 0 bridgehead atoms. The predicted octanol–water partition coefficient (Wildman–Crippen LogP) is 3.08. The molecule has 1 fully saturated rings. The highest BCUT2D eigenvalue weighted by molar-refractivity contribution is 5.94. The number of carbonyl (C=O) groups excluding carboxylic acids is 1. The number of benzene rings is 2. The number of rotatable bonds is 5. The molecule has 6 heteroatoms. The van der Waals surface area contributed by atoms with Gasteiger partial charge in [0.1, 0.15) is 0 Å². The Morgan fingerprint density at radius 1 is 1.12 bits per heavy atom. The molecule has 1 N–H and O–H groups in total. The van der Waals surface area contributed by atoms with Gasteiger partial charge in [0.15, 0.2) is 11.6 Å². The average molecular weight is 360 g/mol. The Hall–Kier alpha value is -2.31. The van der Waals surface area contributed by atoms with Crippen molar-refractivity contribution in [2.75, 3.05) is 32.8 Å². The zero-order valence-electron chi connectivity index (χ0n) is 14.7. The van der Waals surface area contributed by atoms with Gasteiger partial charge in [-0.05, 0) is 30.7 Å². The second kappa shape index (κ2) is 8.38. The fourth-order valence-corrected chi connectivity index (χ4v) is 3.06. The van der Waals surface area contributed by atoms with Gasteiger partial charge < -0.3 is 10.1 Å². The molecule has 138 valence electrons. The van der Waals surface area contributed by atoms with Crippen molar-refractivity contribution >= 4 is 5.91 Å². The van der Waals surface area contributed by atoms with Gasteiger partial charge in [-0.25, -0.2) is 8.78 Å². The van der Waals surface area contributed by atoms with Crippen LogP contribution in [0.5, 0.6) is 0 Å². The molecule has 3 rings (SSSR count). The first-order chi connectivity index (χ1) is 12.5. The molecule has 0 aromatic heterocycles.